The third-order valence-electron chi connectivity index (χ3n) is 5.83. The summed E-state index contributed by atoms with van der Waals surface area (Å²) in [5.74, 6) is 2.10. The van der Waals surface area contributed by atoms with Gasteiger partial charge in [-0.15, -0.1) is 0 Å². The molecule has 0 heterocycles. The van der Waals surface area contributed by atoms with Crippen LogP contribution < -0.4 is 9.47 Å². The van der Waals surface area contributed by atoms with Crippen LogP contribution in [0, 0.1) is 0 Å². The van der Waals surface area contributed by atoms with Gasteiger partial charge in [-0.1, -0.05) is 49.8 Å². The Kier molecular flexibility index (Phi) is 7.68. The van der Waals surface area contributed by atoms with E-state index in [-0.39, 0.29) is 10.3 Å². The fraction of sp³-hybridized carbons (Fsp3) is 0.241. The zero-order valence-corrected chi connectivity index (χ0v) is 21.4. The maximum absolute atomic E-state index is 12.8. The lowest BCUT2D eigenvalue weighted by Crippen LogP contribution is -2.18. The Balaban J connectivity index is 1.74. The van der Waals surface area contributed by atoms with Gasteiger partial charge in [0, 0.05) is 10.3 Å². The van der Waals surface area contributed by atoms with Crippen molar-refractivity contribution >= 4 is 9.84 Å². The largest absolute Gasteiger partial charge is 0.497 e. The molecule has 0 atom stereocenters. The zero-order chi connectivity index (χ0) is 24.9. The summed E-state index contributed by atoms with van der Waals surface area (Å²) in [7, 11) is -1.86. The molecule has 0 saturated heterocycles. The summed E-state index contributed by atoms with van der Waals surface area (Å²) in [6.45, 7) is 9.81. The van der Waals surface area contributed by atoms with E-state index in [9.17, 15) is 8.42 Å². The fourth-order valence-electron chi connectivity index (χ4n) is 3.50. The summed E-state index contributed by atoms with van der Waals surface area (Å²) in [6, 6.07) is 22.6. The quantitative estimate of drug-likeness (QED) is 0.317. The van der Waals surface area contributed by atoms with Gasteiger partial charge in [-0.05, 0) is 86.5 Å². The molecule has 0 aromatic heterocycles. The molecule has 0 aliphatic heterocycles. The first-order valence-electron chi connectivity index (χ1n) is 11.1. The van der Waals surface area contributed by atoms with Gasteiger partial charge in [0.05, 0.1) is 12.0 Å². The topological polar surface area (TPSA) is 52.6 Å². The Morgan fingerprint density at radius 2 is 1.15 bits per heavy atom. The van der Waals surface area contributed by atoms with Crippen molar-refractivity contribution in [3.63, 3.8) is 0 Å². The summed E-state index contributed by atoms with van der Waals surface area (Å²) in [4.78, 5) is 0.546. The predicted molar refractivity (Wildman–Crippen MR) is 138 cm³/mol. The highest BCUT2D eigenvalue weighted by Crippen LogP contribution is 2.34. The lowest BCUT2D eigenvalue weighted by atomic mass is 9.78. The Labute approximate surface area is 203 Å². The highest BCUT2D eigenvalue weighted by Gasteiger charge is 2.23. The van der Waals surface area contributed by atoms with E-state index in [1.807, 2.05) is 38.1 Å². The molecule has 0 bridgehead atoms. The third-order valence-corrected chi connectivity index (χ3v) is 7.71. The number of ether oxygens (including phenoxy) is 2. The molecule has 5 heteroatoms. The summed E-state index contributed by atoms with van der Waals surface area (Å²) in [5, 5.41) is 0. The van der Waals surface area contributed by atoms with E-state index < -0.39 is 9.84 Å². The molecule has 3 aromatic rings. The monoisotopic (exact) mass is 476 g/mol. The van der Waals surface area contributed by atoms with E-state index in [1.54, 1.807) is 50.5 Å². The van der Waals surface area contributed by atoms with Gasteiger partial charge in [0.25, 0.3) is 0 Å². The molecule has 0 spiro atoms. The van der Waals surface area contributed by atoms with Gasteiger partial charge >= 0.3 is 0 Å². The number of rotatable bonds is 8. The molecule has 3 aromatic carbocycles. The number of hydrogen-bond donors (Lipinski definition) is 0. The number of benzene rings is 3. The van der Waals surface area contributed by atoms with Gasteiger partial charge in [-0.3, -0.25) is 0 Å². The van der Waals surface area contributed by atoms with Gasteiger partial charge < -0.3 is 9.47 Å². The third kappa shape index (κ3) is 5.78. The summed E-state index contributed by atoms with van der Waals surface area (Å²) < 4.78 is 36.7. The van der Waals surface area contributed by atoms with Gasteiger partial charge in [0.15, 0.2) is 0 Å². The standard InChI is InChI=1S/C29H32O4S/c1-21(2)7-8-22(3)34(30,31)28-19-17-27(18-20-28)33-26-15-11-24(12-16-26)29(4,5)23-9-13-25(32-6)14-10-23/h7-20H,1-6H3/b22-8+. The number of allylic oxidation sites excluding steroid dienone is 4. The van der Waals surface area contributed by atoms with Gasteiger partial charge in [-0.25, -0.2) is 8.42 Å². The molecule has 0 aliphatic carbocycles. The highest BCUT2D eigenvalue weighted by atomic mass is 32.2. The number of sulfone groups is 1. The maximum Gasteiger partial charge on any atom is 0.202 e. The summed E-state index contributed by atoms with van der Waals surface area (Å²) in [5.41, 5.74) is 3.20. The van der Waals surface area contributed by atoms with E-state index in [1.165, 1.54) is 5.56 Å². The highest BCUT2D eigenvalue weighted by molar-refractivity contribution is 7.95. The molecular weight excluding hydrogens is 444 g/mol. The van der Waals surface area contributed by atoms with Crippen LogP contribution in [0.15, 0.2) is 100 Å². The first-order chi connectivity index (χ1) is 16.0. The van der Waals surface area contributed by atoms with Crippen molar-refractivity contribution in [3.05, 3.63) is 107 Å². The van der Waals surface area contributed by atoms with Crippen molar-refractivity contribution in [1.29, 1.82) is 0 Å². The van der Waals surface area contributed by atoms with Crippen LogP contribution in [0.4, 0.5) is 0 Å². The molecule has 34 heavy (non-hydrogen) atoms. The maximum atomic E-state index is 12.8. The smallest absolute Gasteiger partial charge is 0.202 e. The average Bonchev–Trinajstić information content (AvgIpc) is 2.83. The minimum Gasteiger partial charge on any atom is -0.497 e. The van der Waals surface area contributed by atoms with Gasteiger partial charge in [0.2, 0.25) is 9.84 Å². The second kappa shape index (κ2) is 10.3. The van der Waals surface area contributed by atoms with Crippen molar-refractivity contribution in [1.82, 2.24) is 0 Å². The zero-order valence-electron chi connectivity index (χ0n) is 20.6. The molecular formula is C29H32O4S. The minimum absolute atomic E-state index is 0.183. The van der Waals surface area contributed by atoms with Crippen molar-refractivity contribution in [2.75, 3.05) is 7.11 Å². The Morgan fingerprint density at radius 3 is 1.59 bits per heavy atom. The van der Waals surface area contributed by atoms with Crippen LogP contribution in [0.25, 0.3) is 0 Å². The van der Waals surface area contributed by atoms with Crippen molar-refractivity contribution < 1.29 is 17.9 Å². The second-order valence-corrected chi connectivity index (χ2v) is 11.1. The molecule has 0 unspecified atom stereocenters. The van der Waals surface area contributed by atoms with E-state index >= 15 is 0 Å². The van der Waals surface area contributed by atoms with E-state index in [2.05, 4.69) is 38.1 Å². The SMILES string of the molecule is COc1ccc(C(C)(C)c2ccc(Oc3ccc(S(=O)(=O)/C(C)=C/C=C(C)C)cc3)cc2)cc1. The predicted octanol–water partition coefficient (Wildman–Crippen LogP) is 7.46. The molecule has 0 N–H and O–H groups in total. The van der Waals surface area contributed by atoms with Crippen molar-refractivity contribution in [2.45, 2.75) is 44.9 Å². The molecule has 3 rings (SSSR count). The number of methoxy groups -OCH3 is 1. The minimum atomic E-state index is -3.52. The van der Waals surface area contributed by atoms with E-state index in [4.69, 9.17) is 9.47 Å². The van der Waals surface area contributed by atoms with Crippen LogP contribution in [-0.2, 0) is 15.3 Å². The van der Waals surface area contributed by atoms with Crippen LogP contribution >= 0.6 is 0 Å². The van der Waals surface area contributed by atoms with Crippen molar-refractivity contribution in [3.8, 4) is 17.2 Å². The molecule has 0 aliphatic rings. The molecule has 0 amide bonds. The van der Waals surface area contributed by atoms with E-state index in [0.717, 1.165) is 16.9 Å². The molecule has 0 saturated carbocycles. The lowest BCUT2D eigenvalue weighted by molar-refractivity contribution is 0.414. The van der Waals surface area contributed by atoms with Gasteiger partial charge in [0.1, 0.15) is 17.2 Å². The van der Waals surface area contributed by atoms with Gasteiger partial charge in [-0.2, -0.15) is 0 Å². The number of hydrogen-bond acceptors (Lipinski definition) is 4. The van der Waals surface area contributed by atoms with Crippen molar-refractivity contribution in [2.24, 2.45) is 0 Å². The Hall–Kier alpha value is -3.31. The summed E-state index contributed by atoms with van der Waals surface area (Å²) >= 11 is 0. The summed E-state index contributed by atoms with van der Waals surface area (Å²) in [6.07, 6.45) is 3.42. The molecule has 178 valence electrons. The first kappa shape index (κ1) is 25.3. The Morgan fingerprint density at radius 1 is 0.706 bits per heavy atom. The van der Waals surface area contributed by atoms with Crippen LogP contribution in [0.5, 0.6) is 17.2 Å². The van der Waals surface area contributed by atoms with Crippen LogP contribution in [0.2, 0.25) is 0 Å². The van der Waals surface area contributed by atoms with E-state index in [0.29, 0.717) is 16.4 Å². The van der Waals surface area contributed by atoms with Crippen LogP contribution in [0.1, 0.15) is 45.7 Å². The normalized spacial score (nSPS) is 12.2. The Bertz CT molecular complexity index is 1280. The van der Waals surface area contributed by atoms with Crippen LogP contribution in [-0.4, -0.2) is 15.5 Å². The average molecular weight is 477 g/mol. The lowest BCUT2D eigenvalue weighted by Gasteiger charge is -2.26. The molecule has 4 nitrogen and oxygen atoms in total. The molecule has 0 fully saturated rings. The fourth-order valence-corrected chi connectivity index (χ4v) is 4.61. The molecule has 0 radical (unpaired) electrons. The second-order valence-electron chi connectivity index (χ2n) is 8.98. The first-order valence-corrected chi connectivity index (χ1v) is 12.6. The van der Waals surface area contributed by atoms with Crippen LogP contribution in [0.3, 0.4) is 0 Å².